The van der Waals surface area contributed by atoms with Crippen LogP contribution >= 0.6 is 23.5 Å². The number of thioether (sulfide) groups is 2. The van der Waals surface area contributed by atoms with Gasteiger partial charge < -0.3 is 0 Å². The lowest BCUT2D eigenvalue weighted by atomic mass is 10.2. The highest BCUT2D eigenvalue weighted by Crippen LogP contribution is 2.38. The molecule has 2 aromatic carbocycles. The fourth-order valence-electron chi connectivity index (χ4n) is 2.23. The third-order valence-electron chi connectivity index (χ3n) is 3.60. The number of carbonyl (C=O) groups excluding carboxylic acids is 1. The number of hydrogen-bond acceptors (Lipinski definition) is 5. The molecule has 28 heavy (non-hydrogen) atoms. The zero-order valence-electron chi connectivity index (χ0n) is 15.3. The number of nitrogens with zero attached hydrogens (tertiary/aromatic N) is 2. The molecule has 140 valence electrons. The second kappa shape index (κ2) is 10.5. The van der Waals surface area contributed by atoms with Crippen molar-refractivity contribution in [2.45, 2.75) is 16.7 Å². The number of aromatic nitrogens is 1. The lowest BCUT2D eigenvalue weighted by Crippen LogP contribution is -2.16. The Morgan fingerprint density at radius 1 is 0.893 bits per heavy atom. The highest BCUT2D eigenvalue weighted by Gasteiger charge is 2.07. The van der Waals surface area contributed by atoms with Crippen LogP contribution in [0, 0.1) is 0 Å². The first-order valence-corrected chi connectivity index (χ1v) is 10.3. The maximum absolute atomic E-state index is 12.4. The number of hydrazone groups is 1. The average Bonchev–Trinajstić information content (AvgIpc) is 2.74. The van der Waals surface area contributed by atoms with Crippen molar-refractivity contribution in [1.29, 1.82) is 0 Å². The third-order valence-corrected chi connectivity index (χ3v) is 5.76. The van der Waals surface area contributed by atoms with Gasteiger partial charge in [-0.15, -0.1) is 0 Å². The summed E-state index contributed by atoms with van der Waals surface area (Å²) in [5.74, 6) is -0.268. The first-order valence-electron chi connectivity index (χ1n) is 8.63. The van der Waals surface area contributed by atoms with Crippen LogP contribution in [0.5, 0.6) is 0 Å². The van der Waals surface area contributed by atoms with Crippen molar-refractivity contribution in [1.82, 2.24) is 10.4 Å². The van der Waals surface area contributed by atoms with Gasteiger partial charge in [0.05, 0.1) is 9.95 Å². The van der Waals surface area contributed by atoms with Crippen molar-refractivity contribution >= 4 is 35.1 Å². The van der Waals surface area contributed by atoms with Crippen molar-refractivity contribution in [3.05, 3.63) is 101 Å². The summed E-state index contributed by atoms with van der Waals surface area (Å²) in [6, 6.07) is 23.7. The second-order valence-electron chi connectivity index (χ2n) is 5.70. The third kappa shape index (κ3) is 6.40. The molecule has 6 heteroatoms. The number of carbonyl (C=O) groups is 1. The van der Waals surface area contributed by atoms with E-state index in [4.69, 9.17) is 0 Å². The summed E-state index contributed by atoms with van der Waals surface area (Å²) in [4.78, 5) is 18.6. The molecule has 4 nitrogen and oxygen atoms in total. The van der Waals surface area contributed by atoms with Crippen LogP contribution < -0.4 is 5.43 Å². The van der Waals surface area contributed by atoms with Gasteiger partial charge in [0.2, 0.25) is 0 Å². The maximum Gasteiger partial charge on any atom is 0.265 e. The number of rotatable bonds is 7. The van der Waals surface area contributed by atoms with E-state index in [-0.39, 0.29) is 5.91 Å². The van der Waals surface area contributed by atoms with Crippen LogP contribution in [0.2, 0.25) is 0 Å². The Morgan fingerprint density at radius 2 is 1.43 bits per heavy atom. The summed E-state index contributed by atoms with van der Waals surface area (Å²) in [6.45, 7) is 1.84. The second-order valence-corrected chi connectivity index (χ2v) is 8.19. The quantitative estimate of drug-likeness (QED) is 0.249. The predicted octanol–water partition coefficient (Wildman–Crippen LogP) is 5.35. The van der Waals surface area contributed by atoms with Crippen LogP contribution in [0.1, 0.15) is 12.5 Å². The minimum absolute atomic E-state index is 0.268. The minimum Gasteiger partial charge on any atom is -0.268 e. The van der Waals surface area contributed by atoms with Crippen LogP contribution in [-0.2, 0) is 4.79 Å². The van der Waals surface area contributed by atoms with Crippen molar-refractivity contribution in [3.8, 4) is 0 Å². The average molecular weight is 406 g/mol. The largest absolute Gasteiger partial charge is 0.268 e. The molecule has 0 fully saturated rings. The first kappa shape index (κ1) is 19.9. The Balaban J connectivity index is 1.74. The highest BCUT2D eigenvalue weighted by atomic mass is 32.2. The van der Waals surface area contributed by atoms with E-state index in [2.05, 4.69) is 15.5 Å². The molecule has 3 rings (SSSR count). The zero-order chi connectivity index (χ0) is 19.6. The minimum atomic E-state index is -0.268. The smallest absolute Gasteiger partial charge is 0.265 e. The van der Waals surface area contributed by atoms with E-state index < -0.39 is 0 Å². The predicted molar refractivity (Wildman–Crippen MR) is 117 cm³/mol. The Hall–Kier alpha value is -2.83. The molecule has 1 heterocycles. The standard InChI is InChI=1S/C22H19N3OS2/c1-17(18-12-14-23-15-13-18)24-25-21(26)16-22(27-19-8-4-2-5-9-19)28-20-10-6-3-7-11-20/h2-16H,1H3,(H,25,26)/b24-17+. The molecule has 0 spiro atoms. The summed E-state index contributed by atoms with van der Waals surface area (Å²) in [7, 11) is 0. The van der Waals surface area contributed by atoms with Gasteiger partial charge >= 0.3 is 0 Å². The molecule has 0 saturated carbocycles. The fraction of sp³-hybridized carbons (Fsp3) is 0.0455. The number of nitrogens with one attached hydrogen (secondary N) is 1. The SMILES string of the molecule is C/C(=N\NC(=O)C=C(Sc1ccccc1)Sc1ccccc1)c1ccncc1. The Kier molecular flexibility index (Phi) is 7.46. The van der Waals surface area contributed by atoms with Crippen molar-refractivity contribution in [3.63, 3.8) is 0 Å². The fourth-order valence-corrected chi connectivity index (χ4v) is 4.35. The lowest BCUT2D eigenvalue weighted by molar-refractivity contribution is -0.116. The lowest BCUT2D eigenvalue weighted by Gasteiger charge is -2.07. The van der Waals surface area contributed by atoms with E-state index in [1.54, 1.807) is 42.0 Å². The van der Waals surface area contributed by atoms with Gasteiger partial charge in [0.1, 0.15) is 0 Å². The van der Waals surface area contributed by atoms with E-state index in [0.29, 0.717) is 0 Å². The topological polar surface area (TPSA) is 54.4 Å². The molecular weight excluding hydrogens is 386 g/mol. The van der Waals surface area contributed by atoms with Crippen LogP contribution in [-0.4, -0.2) is 16.6 Å². The molecule has 0 bridgehead atoms. The van der Waals surface area contributed by atoms with E-state index in [0.717, 1.165) is 25.3 Å². The van der Waals surface area contributed by atoms with Crippen molar-refractivity contribution in [2.24, 2.45) is 5.10 Å². The molecule has 0 saturated heterocycles. The molecule has 3 aromatic rings. The van der Waals surface area contributed by atoms with E-state index in [9.17, 15) is 4.79 Å². The van der Waals surface area contributed by atoms with Gasteiger partial charge in [-0.25, -0.2) is 5.43 Å². The summed E-state index contributed by atoms with van der Waals surface area (Å²) in [5.41, 5.74) is 4.24. The van der Waals surface area contributed by atoms with Gasteiger partial charge in [-0.1, -0.05) is 59.9 Å². The van der Waals surface area contributed by atoms with Crippen LogP contribution in [0.25, 0.3) is 0 Å². The molecule has 1 aromatic heterocycles. The molecule has 0 atom stereocenters. The summed E-state index contributed by atoms with van der Waals surface area (Å²) in [6.07, 6.45) is 4.97. The molecule has 0 aliphatic rings. The Morgan fingerprint density at radius 3 is 1.96 bits per heavy atom. The molecule has 0 radical (unpaired) electrons. The maximum atomic E-state index is 12.4. The summed E-state index contributed by atoms with van der Waals surface area (Å²) >= 11 is 3.10. The highest BCUT2D eigenvalue weighted by molar-refractivity contribution is 8.22. The number of pyridine rings is 1. The van der Waals surface area contributed by atoms with Gasteiger partial charge in [0, 0.05) is 33.8 Å². The van der Waals surface area contributed by atoms with Crippen LogP contribution in [0.4, 0.5) is 0 Å². The molecule has 0 unspecified atom stereocenters. The number of hydrogen-bond donors (Lipinski definition) is 1. The van der Waals surface area contributed by atoms with E-state index in [1.807, 2.05) is 79.7 Å². The molecule has 1 amide bonds. The Labute approximate surface area is 173 Å². The molecule has 0 aliphatic heterocycles. The van der Waals surface area contributed by atoms with Crippen molar-refractivity contribution in [2.75, 3.05) is 0 Å². The normalized spacial score (nSPS) is 11.0. The van der Waals surface area contributed by atoms with Crippen LogP contribution in [0.3, 0.4) is 0 Å². The summed E-state index contributed by atoms with van der Waals surface area (Å²) in [5, 5.41) is 4.19. The van der Waals surface area contributed by atoms with Gasteiger partial charge in [0.15, 0.2) is 0 Å². The van der Waals surface area contributed by atoms with Gasteiger partial charge in [0.25, 0.3) is 5.91 Å². The van der Waals surface area contributed by atoms with Crippen LogP contribution in [0.15, 0.2) is 110 Å². The van der Waals surface area contributed by atoms with Gasteiger partial charge in [-0.05, 0) is 43.3 Å². The van der Waals surface area contributed by atoms with Crippen molar-refractivity contribution < 1.29 is 4.79 Å². The zero-order valence-corrected chi connectivity index (χ0v) is 16.9. The molecule has 1 N–H and O–H groups in total. The molecular formula is C22H19N3OS2. The van der Waals surface area contributed by atoms with E-state index >= 15 is 0 Å². The van der Waals surface area contributed by atoms with Gasteiger partial charge in [-0.3, -0.25) is 9.78 Å². The van der Waals surface area contributed by atoms with Gasteiger partial charge in [-0.2, -0.15) is 5.10 Å². The first-order chi connectivity index (χ1) is 13.7. The molecule has 0 aliphatic carbocycles. The van der Waals surface area contributed by atoms with E-state index in [1.165, 1.54) is 0 Å². The monoisotopic (exact) mass is 405 g/mol. The summed E-state index contributed by atoms with van der Waals surface area (Å²) < 4.78 is 0.867. The Bertz CT molecular complexity index is 915. The number of benzene rings is 2. The number of amides is 1.